The molecule has 3 aromatic rings. The molecular weight excluding hydrogens is 337 g/mol. The van der Waals surface area contributed by atoms with Gasteiger partial charge in [0, 0.05) is 23.6 Å². The second kappa shape index (κ2) is 7.37. The molecule has 1 aliphatic rings. The first-order chi connectivity index (χ1) is 12.3. The van der Waals surface area contributed by atoms with Crippen LogP contribution in [0.3, 0.4) is 0 Å². The van der Waals surface area contributed by atoms with Crippen LogP contribution in [-0.4, -0.2) is 33.2 Å². The predicted molar refractivity (Wildman–Crippen MR) is 96.5 cm³/mol. The zero-order chi connectivity index (χ0) is 17.1. The van der Waals surface area contributed by atoms with Crippen LogP contribution in [0.2, 0.25) is 0 Å². The molecule has 1 atom stereocenters. The normalized spacial score (nSPS) is 17.1. The summed E-state index contributed by atoms with van der Waals surface area (Å²) in [5, 5.41) is 9.56. The maximum Gasteiger partial charge on any atom is 0.196 e. The zero-order valence-electron chi connectivity index (χ0n) is 13.6. The monoisotopic (exact) mass is 355 g/mol. The van der Waals surface area contributed by atoms with Crippen molar-refractivity contribution in [2.24, 2.45) is 0 Å². The molecule has 1 saturated heterocycles. The van der Waals surface area contributed by atoms with Crippen LogP contribution in [0, 0.1) is 5.82 Å². The first-order valence-corrected chi connectivity index (χ1v) is 9.31. The number of rotatable bonds is 5. The van der Waals surface area contributed by atoms with E-state index in [1.165, 1.54) is 12.1 Å². The van der Waals surface area contributed by atoms with Gasteiger partial charge in [0.1, 0.15) is 5.82 Å². The van der Waals surface area contributed by atoms with E-state index in [-0.39, 0.29) is 11.9 Å². The molecule has 6 heteroatoms. The number of nitrogens with zero attached hydrogens (tertiary/aromatic N) is 3. The van der Waals surface area contributed by atoms with Gasteiger partial charge in [-0.2, -0.15) is 0 Å². The average molecular weight is 355 g/mol. The van der Waals surface area contributed by atoms with E-state index in [4.69, 9.17) is 4.74 Å². The summed E-state index contributed by atoms with van der Waals surface area (Å²) in [5.74, 6) is 1.34. The van der Waals surface area contributed by atoms with Gasteiger partial charge in [-0.05, 0) is 37.1 Å². The fraction of sp³-hybridized carbons (Fsp3) is 0.263. The Labute approximate surface area is 150 Å². The summed E-state index contributed by atoms with van der Waals surface area (Å²) in [6.07, 6.45) is 2.47. The second-order valence-corrected chi connectivity index (χ2v) is 6.92. The molecule has 128 valence electrons. The van der Waals surface area contributed by atoms with Crippen molar-refractivity contribution in [3.05, 3.63) is 60.4 Å². The van der Waals surface area contributed by atoms with Crippen molar-refractivity contribution in [1.82, 2.24) is 14.8 Å². The minimum absolute atomic E-state index is 0.258. The van der Waals surface area contributed by atoms with Gasteiger partial charge in [-0.15, -0.1) is 10.2 Å². The zero-order valence-corrected chi connectivity index (χ0v) is 14.5. The molecule has 0 saturated carbocycles. The van der Waals surface area contributed by atoms with Crippen LogP contribution < -0.4 is 0 Å². The molecule has 0 bridgehead atoms. The minimum Gasteiger partial charge on any atom is -0.377 e. The van der Waals surface area contributed by atoms with Gasteiger partial charge in [0.15, 0.2) is 11.0 Å². The van der Waals surface area contributed by atoms with Gasteiger partial charge >= 0.3 is 0 Å². The number of ether oxygens (including phenoxy) is 1. The van der Waals surface area contributed by atoms with E-state index in [0.717, 1.165) is 47.4 Å². The molecule has 4 nitrogen and oxygen atoms in total. The Morgan fingerprint density at radius 3 is 2.60 bits per heavy atom. The first-order valence-electron chi connectivity index (χ1n) is 8.32. The fourth-order valence-electron chi connectivity index (χ4n) is 2.90. The Bertz CT molecular complexity index is 830. The molecule has 2 aromatic carbocycles. The highest BCUT2D eigenvalue weighted by atomic mass is 32.2. The number of hydrogen-bond donors (Lipinski definition) is 0. The van der Waals surface area contributed by atoms with Crippen molar-refractivity contribution in [3.8, 4) is 17.1 Å². The summed E-state index contributed by atoms with van der Waals surface area (Å²) in [6, 6.07) is 16.3. The van der Waals surface area contributed by atoms with Gasteiger partial charge in [0.05, 0.1) is 6.10 Å². The largest absolute Gasteiger partial charge is 0.377 e. The summed E-state index contributed by atoms with van der Waals surface area (Å²) in [7, 11) is 0. The van der Waals surface area contributed by atoms with Crippen LogP contribution in [0.25, 0.3) is 17.1 Å². The average Bonchev–Trinajstić information content (AvgIpc) is 3.31. The van der Waals surface area contributed by atoms with E-state index in [9.17, 15) is 4.39 Å². The Balaban J connectivity index is 1.70. The first kappa shape index (κ1) is 16.3. The predicted octanol–water partition coefficient (Wildman–Crippen LogP) is 4.34. The van der Waals surface area contributed by atoms with E-state index < -0.39 is 0 Å². The third-order valence-corrected chi connectivity index (χ3v) is 5.23. The summed E-state index contributed by atoms with van der Waals surface area (Å²) in [4.78, 5) is 0. The highest BCUT2D eigenvalue weighted by molar-refractivity contribution is 7.99. The third kappa shape index (κ3) is 3.60. The van der Waals surface area contributed by atoms with Crippen LogP contribution >= 0.6 is 11.8 Å². The molecule has 0 spiro atoms. The maximum atomic E-state index is 13.3. The SMILES string of the molecule is Fc1ccc(-n2c(SC[C@@H]3CCCO3)nnc2-c2ccccc2)cc1. The minimum atomic E-state index is -0.258. The van der Waals surface area contributed by atoms with Gasteiger partial charge in [-0.3, -0.25) is 4.57 Å². The number of halogens is 1. The van der Waals surface area contributed by atoms with Crippen LogP contribution in [0.15, 0.2) is 59.8 Å². The molecule has 1 aromatic heterocycles. The summed E-state index contributed by atoms with van der Waals surface area (Å²) in [5.41, 5.74) is 1.82. The van der Waals surface area contributed by atoms with Crippen LogP contribution in [0.5, 0.6) is 0 Å². The smallest absolute Gasteiger partial charge is 0.196 e. The third-order valence-electron chi connectivity index (χ3n) is 4.17. The Hall–Kier alpha value is -2.18. The number of aromatic nitrogens is 3. The highest BCUT2D eigenvalue weighted by Gasteiger charge is 2.20. The van der Waals surface area contributed by atoms with Crippen LogP contribution in [-0.2, 0) is 4.74 Å². The molecule has 2 heterocycles. The molecule has 0 unspecified atom stereocenters. The fourth-order valence-corrected chi connectivity index (χ4v) is 3.92. The Morgan fingerprint density at radius 2 is 1.88 bits per heavy atom. The standard InChI is InChI=1S/C19H18FN3OS/c20-15-8-10-16(11-9-15)23-18(14-5-2-1-3-6-14)21-22-19(23)25-13-17-7-4-12-24-17/h1-3,5-6,8-11,17H,4,7,12-13H2/t17-/m0/s1. The van der Waals surface area contributed by atoms with Gasteiger partial charge in [-0.1, -0.05) is 42.1 Å². The van der Waals surface area contributed by atoms with Crippen molar-refractivity contribution in [3.63, 3.8) is 0 Å². The topological polar surface area (TPSA) is 39.9 Å². The van der Waals surface area contributed by atoms with Gasteiger partial charge in [-0.25, -0.2) is 4.39 Å². The van der Waals surface area contributed by atoms with Gasteiger partial charge in [0.25, 0.3) is 0 Å². The summed E-state index contributed by atoms with van der Waals surface area (Å²) < 4.78 is 21.0. The lowest BCUT2D eigenvalue weighted by Gasteiger charge is -2.12. The molecule has 0 radical (unpaired) electrons. The van der Waals surface area contributed by atoms with Gasteiger partial charge in [0.2, 0.25) is 0 Å². The van der Waals surface area contributed by atoms with Crippen molar-refractivity contribution < 1.29 is 9.13 Å². The van der Waals surface area contributed by atoms with Crippen LogP contribution in [0.1, 0.15) is 12.8 Å². The lowest BCUT2D eigenvalue weighted by molar-refractivity contribution is 0.129. The molecule has 0 aliphatic carbocycles. The quantitative estimate of drug-likeness (QED) is 0.638. The van der Waals surface area contributed by atoms with E-state index in [1.807, 2.05) is 34.9 Å². The van der Waals surface area contributed by atoms with Gasteiger partial charge < -0.3 is 4.74 Å². The summed E-state index contributed by atoms with van der Waals surface area (Å²) in [6.45, 7) is 0.838. The highest BCUT2D eigenvalue weighted by Crippen LogP contribution is 2.29. The lowest BCUT2D eigenvalue weighted by Crippen LogP contribution is -2.09. The Morgan fingerprint density at radius 1 is 1.08 bits per heavy atom. The van der Waals surface area contributed by atoms with Crippen molar-refractivity contribution in [2.45, 2.75) is 24.1 Å². The Kier molecular flexibility index (Phi) is 4.81. The van der Waals surface area contributed by atoms with E-state index in [0.29, 0.717) is 0 Å². The lowest BCUT2D eigenvalue weighted by atomic mass is 10.2. The summed E-state index contributed by atoms with van der Waals surface area (Å²) >= 11 is 1.63. The maximum absolute atomic E-state index is 13.3. The van der Waals surface area contributed by atoms with E-state index in [1.54, 1.807) is 23.9 Å². The molecule has 0 amide bonds. The molecule has 4 rings (SSSR count). The molecule has 0 N–H and O–H groups in total. The number of thioether (sulfide) groups is 1. The van der Waals surface area contributed by atoms with E-state index >= 15 is 0 Å². The second-order valence-electron chi connectivity index (χ2n) is 5.93. The van der Waals surface area contributed by atoms with E-state index in [2.05, 4.69) is 10.2 Å². The molecular formula is C19H18FN3OS. The van der Waals surface area contributed by atoms with Crippen molar-refractivity contribution in [2.75, 3.05) is 12.4 Å². The molecule has 25 heavy (non-hydrogen) atoms. The molecule has 1 fully saturated rings. The molecule has 1 aliphatic heterocycles. The number of hydrogen-bond acceptors (Lipinski definition) is 4. The van der Waals surface area contributed by atoms with Crippen molar-refractivity contribution >= 4 is 11.8 Å². The van der Waals surface area contributed by atoms with Crippen molar-refractivity contribution in [1.29, 1.82) is 0 Å². The van der Waals surface area contributed by atoms with Crippen LogP contribution in [0.4, 0.5) is 4.39 Å². The number of benzene rings is 2.